The Morgan fingerprint density at radius 1 is 1.37 bits per heavy atom. The number of amides is 1. The van der Waals surface area contributed by atoms with E-state index in [1.54, 1.807) is 11.8 Å². The van der Waals surface area contributed by atoms with E-state index in [0.717, 1.165) is 17.9 Å². The molecule has 0 aromatic heterocycles. The van der Waals surface area contributed by atoms with E-state index in [1.807, 2.05) is 6.92 Å². The molecule has 1 aromatic carbocycles. The van der Waals surface area contributed by atoms with Crippen LogP contribution in [0.25, 0.3) is 0 Å². The number of carboxylic acids is 1. The van der Waals surface area contributed by atoms with Crippen LogP contribution in [0.4, 0.5) is 4.39 Å². The highest BCUT2D eigenvalue weighted by atomic mass is 32.2. The third-order valence-corrected chi connectivity index (χ3v) is 3.40. The summed E-state index contributed by atoms with van der Waals surface area (Å²) < 4.78 is 12.7. The smallest absolute Gasteiger partial charge is 0.326 e. The molecular weight excluding hydrogens is 269 g/mol. The molecule has 0 saturated heterocycles. The van der Waals surface area contributed by atoms with Crippen molar-refractivity contribution >= 4 is 23.6 Å². The van der Waals surface area contributed by atoms with Gasteiger partial charge >= 0.3 is 5.97 Å². The lowest BCUT2D eigenvalue weighted by molar-refractivity contribution is -0.139. The molecule has 0 bridgehead atoms. The monoisotopic (exact) mass is 285 g/mol. The lowest BCUT2D eigenvalue weighted by Gasteiger charge is -2.14. The van der Waals surface area contributed by atoms with Crippen molar-refractivity contribution in [2.45, 2.75) is 19.4 Å². The van der Waals surface area contributed by atoms with Gasteiger partial charge in [-0.05, 0) is 42.2 Å². The van der Waals surface area contributed by atoms with Crippen molar-refractivity contribution in [1.82, 2.24) is 5.32 Å². The van der Waals surface area contributed by atoms with Crippen LogP contribution in [0.3, 0.4) is 0 Å². The molecule has 0 fully saturated rings. The molecular formula is C13H16FNO3S. The first-order chi connectivity index (χ1) is 9.04. The summed E-state index contributed by atoms with van der Waals surface area (Å²) in [6, 6.07) is 4.06. The fraction of sp³-hybridized carbons (Fsp3) is 0.385. The van der Waals surface area contributed by atoms with E-state index in [4.69, 9.17) is 5.11 Å². The average Bonchev–Trinajstić information content (AvgIpc) is 2.38. The molecule has 104 valence electrons. The first kappa shape index (κ1) is 15.5. The average molecular weight is 285 g/mol. The maximum Gasteiger partial charge on any atom is 0.326 e. The first-order valence-corrected chi connectivity index (χ1v) is 7.07. The summed E-state index contributed by atoms with van der Waals surface area (Å²) in [4.78, 5) is 22.8. The zero-order valence-corrected chi connectivity index (χ0v) is 11.4. The molecule has 0 aliphatic carbocycles. The molecule has 4 nitrogen and oxygen atoms in total. The van der Waals surface area contributed by atoms with Gasteiger partial charge in [0.1, 0.15) is 11.9 Å². The second-order valence-corrected chi connectivity index (χ2v) is 5.25. The predicted molar refractivity (Wildman–Crippen MR) is 72.9 cm³/mol. The maximum absolute atomic E-state index is 12.7. The molecule has 1 aromatic rings. The number of rotatable bonds is 7. The zero-order chi connectivity index (χ0) is 14.3. The Bertz CT molecular complexity index is 436. The van der Waals surface area contributed by atoms with Gasteiger partial charge in [-0.1, -0.05) is 6.92 Å². The fourth-order valence-electron chi connectivity index (χ4n) is 1.45. The third-order valence-electron chi connectivity index (χ3n) is 2.46. The highest BCUT2D eigenvalue weighted by molar-refractivity contribution is 7.99. The number of carboxylic acid groups (broad SMARTS) is 1. The number of carbonyl (C=O) groups excluding carboxylic acids is 1. The second-order valence-electron chi connectivity index (χ2n) is 3.86. The number of thioether (sulfide) groups is 1. The summed E-state index contributed by atoms with van der Waals surface area (Å²) in [6.45, 7) is 1.98. The number of halogens is 1. The lowest BCUT2D eigenvalue weighted by Crippen LogP contribution is -2.41. The molecule has 0 aliphatic rings. The molecule has 1 unspecified atom stereocenters. The Hall–Kier alpha value is -1.56. The molecule has 1 amide bonds. The number of aliphatic carboxylic acids is 1. The van der Waals surface area contributed by atoms with Crippen LogP contribution in [0.1, 0.15) is 23.7 Å². The summed E-state index contributed by atoms with van der Waals surface area (Å²) in [7, 11) is 0. The van der Waals surface area contributed by atoms with Crippen LogP contribution in [0.2, 0.25) is 0 Å². The van der Waals surface area contributed by atoms with E-state index in [9.17, 15) is 14.0 Å². The number of hydrogen-bond donors (Lipinski definition) is 2. The van der Waals surface area contributed by atoms with Gasteiger partial charge in [-0.15, -0.1) is 0 Å². The van der Waals surface area contributed by atoms with Gasteiger partial charge < -0.3 is 10.4 Å². The topological polar surface area (TPSA) is 66.4 Å². The Morgan fingerprint density at radius 2 is 2.00 bits per heavy atom. The van der Waals surface area contributed by atoms with Gasteiger partial charge in [0.15, 0.2) is 0 Å². The SMILES string of the molecule is CCSCCC(NC(=O)c1ccc(F)cc1)C(=O)O. The van der Waals surface area contributed by atoms with Crippen molar-refractivity contribution in [3.8, 4) is 0 Å². The van der Waals surface area contributed by atoms with E-state index in [0.29, 0.717) is 12.2 Å². The van der Waals surface area contributed by atoms with Crippen molar-refractivity contribution < 1.29 is 19.1 Å². The van der Waals surface area contributed by atoms with Crippen LogP contribution in [0.15, 0.2) is 24.3 Å². The predicted octanol–water partition coefficient (Wildman–Crippen LogP) is 2.15. The molecule has 0 radical (unpaired) electrons. The minimum atomic E-state index is -1.06. The van der Waals surface area contributed by atoms with Gasteiger partial charge in [0, 0.05) is 5.56 Å². The van der Waals surface area contributed by atoms with Gasteiger partial charge in [0.2, 0.25) is 0 Å². The van der Waals surface area contributed by atoms with Crippen LogP contribution in [0.5, 0.6) is 0 Å². The Morgan fingerprint density at radius 3 is 2.53 bits per heavy atom. The standard InChI is InChI=1S/C13H16FNO3S/c1-2-19-8-7-11(13(17)18)15-12(16)9-3-5-10(14)6-4-9/h3-6,11H,2,7-8H2,1H3,(H,15,16)(H,17,18). The normalized spacial score (nSPS) is 11.9. The minimum absolute atomic E-state index is 0.246. The highest BCUT2D eigenvalue weighted by Gasteiger charge is 2.20. The highest BCUT2D eigenvalue weighted by Crippen LogP contribution is 2.07. The number of hydrogen-bond acceptors (Lipinski definition) is 3. The fourth-order valence-corrected chi connectivity index (χ4v) is 2.14. The molecule has 1 rings (SSSR count). The van der Waals surface area contributed by atoms with Crippen LogP contribution in [-0.2, 0) is 4.79 Å². The number of benzene rings is 1. The molecule has 0 aliphatic heterocycles. The van der Waals surface area contributed by atoms with E-state index in [2.05, 4.69) is 5.32 Å². The molecule has 0 saturated carbocycles. The van der Waals surface area contributed by atoms with E-state index >= 15 is 0 Å². The largest absolute Gasteiger partial charge is 0.480 e. The van der Waals surface area contributed by atoms with Gasteiger partial charge in [-0.3, -0.25) is 4.79 Å². The molecule has 6 heteroatoms. The summed E-state index contributed by atoms with van der Waals surface area (Å²) >= 11 is 1.61. The van der Waals surface area contributed by atoms with Crippen molar-refractivity contribution in [1.29, 1.82) is 0 Å². The van der Waals surface area contributed by atoms with Gasteiger partial charge in [0.25, 0.3) is 5.91 Å². The lowest BCUT2D eigenvalue weighted by atomic mass is 10.1. The van der Waals surface area contributed by atoms with Crippen molar-refractivity contribution in [3.63, 3.8) is 0 Å². The van der Waals surface area contributed by atoms with Crippen LogP contribution in [0, 0.1) is 5.82 Å². The minimum Gasteiger partial charge on any atom is -0.480 e. The van der Waals surface area contributed by atoms with Crippen molar-refractivity contribution in [2.75, 3.05) is 11.5 Å². The molecule has 0 heterocycles. The molecule has 0 spiro atoms. The molecule has 19 heavy (non-hydrogen) atoms. The van der Waals surface area contributed by atoms with Gasteiger partial charge in [-0.25, -0.2) is 9.18 Å². The zero-order valence-electron chi connectivity index (χ0n) is 10.6. The third kappa shape index (κ3) is 5.30. The van der Waals surface area contributed by atoms with E-state index in [-0.39, 0.29) is 5.56 Å². The Balaban J connectivity index is 2.60. The summed E-state index contributed by atoms with van der Waals surface area (Å²) in [5.74, 6) is -0.443. The van der Waals surface area contributed by atoms with Gasteiger partial charge in [0.05, 0.1) is 0 Å². The molecule has 2 N–H and O–H groups in total. The van der Waals surface area contributed by atoms with E-state index < -0.39 is 23.7 Å². The van der Waals surface area contributed by atoms with Gasteiger partial charge in [-0.2, -0.15) is 11.8 Å². The quantitative estimate of drug-likeness (QED) is 0.753. The summed E-state index contributed by atoms with van der Waals surface area (Å²) in [5.41, 5.74) is 0.246. The van der Waals surface area contributed by atoms with Crippen molar-refractivity contribution in [2.24, 2.45) is 0 Å². The number of carbonyl (C=O) groups is 2. The Kier molecular flexibility index (Phi) is 6.35. The van der Waals surface area contributed by atoms with Crippen LogP contribution in [-0.4, -0.2) is 34.5 Å². The van der Waals surface area contributed by atoms with E-state index in [1.165, 1.54) is 12.1 Å². The number of nitrogens with one attached hydrogen (secondary N) is 1. The summed E-state index contributed by atoms with van der Waals surface area (Å²) in [5, 5.41) is 11.5. The van der Waals surface area contributed by atoms with Crippen LogP contribution >= 0.6 is 11.8 Å². The second kappa shape index (κ2) is 7.78. The first-order valence-electron chi connectivity index (χ1n) is 5.91. The molecule has 1 atom stereocenters. The summed E-state index contributed by atoms with van der Waals surface area (Å²) in [6.07, 6.45) is 0.362. The van der Waals surface area contributed by atoms with Crippen molar-refractivity contribution in [3.05, 3.63) is 35.6 Å². The Labute approximate surface area is 115 Å². The van der Waals surface area contributed by atoms with Crippen LogP contribution < -0.4 is 5.32 Å². The maximum atomic E-state index is 12.7.